The zero-order valence-electron chi connectivity index (χ0n) is 14.8. The quantitative estimate of drug-likeness (QED) is 0.812. The topological polar surface area (TPSA) is 57.3 Å². The molecule has 5 nitrogen and oxygen atoms in total. The Morgan fingerprint density at radius 2 is 1.75 bits per heavy atom. The summed E-state index contributed by atoms with van der Waals surface area (Å²) in [6.07, 6.45) is 1.64. The first kappa shape index (κ1) is 17.8. The van der Waals surface area contributed by atoms with Gasteiger partial charge in [-0.25, -0.2) is 0 Å². The van der Waals surface area contributed by atoms with Crippen LogP contribution in [0, 0.1) is 0 Å². The number of aromatic nitrogens is 1. The van der Waals surface area contributed by atoms with Gasteiger partial charge in [0.1, 0.15) is 5.69 Å². The Balaban J connectivity index is 2.09. The van der Waals surface area contributed by atoms with Gasteiger partial charge in [0.05, 0.1) is 0 Å². The lowest BCUT2D eigenvalue weighted by Gasteiger charge is -2.21. The maximum absolute atomic E-state index is 12.0. The zero-order valence-corrected chi connectivity index (χ0v) is 14.8. The highest BCUT2D eigenvalue weighted by atomic mass is 16.1. The summed E-state index contributed by atoms with van der Waals surface area (Å²) in [4.78, 5) is 18.5. The van der Waals surface area contributed by atoms with E-state index in [0.29, 0.717) is 5.69 Å². The summed E-state index contributed by atoms with van der Waals surface area (Å²) < 4.78 is 0. The number of amides is 1. The van der Waals surface area contributed by atoms with E-state index >= 15 is 0 Å². The van der Waals surface area contributed by atoms with Crippen LogP contribution in [0.4, 0.5) is 17.1 Å². The van der Waals surface area contributed by atoms with Gasteiger partial charge in [-0.3, -0.25) is 9.78 Å². The molecule has 1 amide bonds. The minimum absolute atomic E-state index is 0.0866. The minimum Gasteiger partial charge on any atom is -0.372 e. The highest BCUT2D eigenvalue weighted by Gasteiger charge is 2.09. The molecule has 0 spiro atoms. The Bertz CT molecular complexity index is 663. The lowest BCUT2D eigenvalue weighted by Crippen LogP contribution is -2.30. The van der Waals surface area contributed by atoms with Gasteiger partial charge in [-0.1, -0.05) is 0 Å². The van der Waals surface area contributed by atoms with Gasteiger partial charge in [-0.2, -0.15) is 0 Å². The molecule has 1 aromatic carbocycles. The smallest absolute Gasteiger partial charge is 0.270 e. The molecule has 128 valence electrons. The van der Waals surface area contributed by atoms with Gasteiger partial charge in [-0.15, -0.1) is 0 Å². The van der Waals surface area contributed by atoms with Crippen LogP contribution in [0.25, 0.3) is 0 Å². The van der Waals surface area contributed by atoms with E-state index < -0.39 is 0 Å². The van der Waals surface area contributed by atoms with E-state index in [-0.39, 0.29) is 11.9 Å². The second kappa shape index (κ2) is 8.34. The fraction of sp³-hybridized carbons (Fsp3) is 0.368. The van der Waals surface area contributed by atoms with E-state index in [1.165, 1.54) is 5.69 Å². The standard InChI is InChI=1S/C19H26N4O/c1-5-23(6-2)17-9-7-15(8-10-17)22-16-11-12-20-18(13-16)19(24)21-14(3)4/h7-14H,5-6H2,1-4H3,(H,20,22)(H,21,24). The Morgan fingerprint density at radius 3 is 2.33 bits per heavy atom. The van der Waals surface area contributed by atoms with Crippen molar-refractivity contribution in [3.05, 3.63) is 48.3 Å². The van der Waals surface area contributed by atoms with Crippen LogP contribution in [0.2, 0.25) is 0 Å². The number of benzene rings is 1. The molecule has 0 unspecified atom stereocenters. The van der Waals surface area contributed by atoms with Crippen molar-refractivity contribution >= 4 is 23.0 Å². The number of carbonyl (C=O) groups excluding carboxylic acids is 1. The first-order valence-corrected chi connectivity index (χ1v) is 8.42. The molecule has 0 aliphatic rings. The van der Waals surface area contributed by atoms with E-state index in [1.807, 2.05) is 32.0 Å². The van der Waals surface area contributed by atoms with E-state index in [0.717, 1.165) is 24.5 Å². The second-order valence-electron chi connectivity index (χ2n) is 5.90. The molecule has 1 heterocycles. The van der Waals surface area contributed by atoms with Crippen LogP contribution < -0.4 is 15.5 Å². The molecule has 5 heteroatoms. The molecule has 2 aromatic rings. The van der Waals surface area contributed by atoms with E-state index in [9.17, 15) is 4.79 Å². The number of nitrogens with one attached hydrogen (secondary N) is 2. The fourth-order valence-corrected chi connectivity index (χ4v) is 2.48. The molecule has 0 radical (unpaired) electrons. The number of rotatable bonds is 7. The summed E-state index contributed by atoms with van der Waals surface area (Å²) in [5.41, 5.74) is 3.44. The minimum atomic E-state index is -0.162. The average Bonchev–Trinajstić information content (AvgIpc) is 2.57. The van der Waals surface area contributed by atoms with Crippen molar-refractivity contribution in [2.24, 2.45) is 0 Å². The number of anilines is 3. The van der Waals surface area contributed by atoms with Crippen molar-refractivity contribution < 1.29 is 4.79 Å². The lowest BCUT2D eigenvalue weighted by atomic mass is 10.2. The molecular formula is C19H26N4O. The van der Waals surface area contributed by atoms with Crippen LogP contribution in [-0.4, -0.2) is 30.0 Å². The van der Waals surface area contributed by atoms with Crippen molar-refractivity contribution in [3.8, 4) is 0 Å². The van der Waals surface area contributed by atoms with Gasteiger partial charge in [0.15, 0.2) is 0 Å². The number of nitrogens with zero attached hydrogens (tertiary/aromatic N) is 2. The van der Waals surface area contributed by atoms with Gasteiger partial charge in [-0.05, 0) is 64.1 Å². The van der Waals surface area contributed by atoms with Crippen molar-refractivity contribution in [2.75, 3.05) is 23.3 Å². The van der Waals surface area contributed by atoms with Crippen LogP contribution >= 0.6 is 0 Å². The molecule has 0 fully saturated rings. The number of hydrogen-bond donors (Lipinski definition) is 2. The number of pyridine rings is 1. The monoisotopic (exact) mass is 326 g/mol. The van der Waals surface area contributed by atoms with Gasteiger partial charge >= 0.3 is 0 Å². The highest BCUT2D eigenvalue weighted by molar-refractivity contribution is 5.93. The Labute approximate surface area is 144 Å². The maximum atomic E-state index is 12.0. The van der Waals surface area contributed by atoms with Crippen molar-refractivity contribution in [1.29, 1.82) is 0 Å². The van der Waals surface area contributed by atoms with Crippen LogP contribution in [0.5, 0.6) is 0 Å². The van der Waals surface area contributed by atoms with Crippen molar-refractivity contribution in [2.45, 2.75) is 33.7 Å². The third-order valence-corrected chi connectivity index (χ3v) is 3.70. The van der Waals surface area contributed by atoms with Crippen molar-refractivity contribution in [1.82, 2.24) is 10.3 Å². The molecule has 2 N–H and O–H groups in total. The summed E-state index contributed by atoms with van der Waals surface area (Å²) >= 11 is 0. The molecule has 1 aromatic heterocycles. The summed E-state index contributed by atoms with van der Waals surface area (Å²) in [5.74, 6) is -0.162. The SMILES string of the molecule is CCN(CC)c1ccc(Nc2ccnc(C(=O)NC(C)C)c2)cc1. The summed E-state index contributed by atoms with van der Waals surface area (Å²) in [6, 6.07) is 12.0. The van der Waals surface area contributed by atoms with E-state index in [2.05, 4.69) is 46.5 Å². The summed E-state index contributed by atoms with van der Waals surface area (Å²) in [7, 11) is 0. The summed E-state index contributed by atoms with van der Waals surface area (Å²) in [5, 5.41) is 6.16. The largest absolute Gasteiger partial charge is 0.372 e. The number of hydrogen-bond acceptors (Lipinski definition) is 4. The molecule has 24 heavy (non-hydrogen) atoms. The molecule has 2 rings (SSSR count). The third-order valence-electron chi connectivity index (χ3n) is 3.70. The molecular weight excluding hydrogens is 300 g/mol. The highest BCUT2D eigenvalue weighted by Crippen LogP contribution is 2.21. The lowest BCUT2D eigenvalue weighted by molar-refractivity contribution is 0.0938. The molecule has 0 aliphatic heterocycles. The van der Waals surface area contributed by atoms with Crippen LogP contribution in [0.1, 0.15) is 38.2 Å². The van der Waals surface area contributed by atoms with Crippen LogP contribution in [0.15, 0.2) is 42.6 Å². The first-order valence-electron chi connectivity index (χ1n) is 8.42. The Hall–Kier alpha value is -2.56. The molecule has 0 atom stereocenters. The molecule has 0 bridgehead atoms. The predicted molar refractivity (Wildman–Crippen MR) is 100 cm³/mol. The van der Waals surface area contributed by atoms with Gasteiger partial charge < -0.3 is 15.5 Å². The molecule has 0 saturated heterocycles. The first-order chi connectivity index (χ1) is 11.5. The van der Waals surface area contributed by atoms with Crippen molar-refractivity contribution in [3.63, 3.8) is 0 Å². The fourth-order valence-electron chi connectivity index (χ4n) is 2.48. The van der Waals surface area contributed by atoms with Gasteiger partial charge in [0.2, 0.25) is 0 Å². The Morgan fingerprint density at radius 1 is 1.08 bits per heavy atom. The predicted octanol–water partition coefficient (Wildman–Crippen LogP) is 3.81. The van der Waals surface area contributed by atoms with Gasteiger partial charge in [0, 0.05) is 42.4 Å². The van der Waals surface area contributed by atoms with E-state index in [4.69, 9.17) is 0 Å². The van der Waals surface area contributed by atoms with Gasteiger partial charge in [0.25, 0.3) is 5.91 Å². The Kier molecular flexibility index (Phi) is 6.18. The van der Waals surface area contributed by atoms with Crippen LogP contribution in [-0.2, 0) is 0 Å². The normalized spacial score (nSPS) is 10.5. The van der Waals surface area contributed by atoms with Crippen LogP contribution in [0.3, 0.4) is 0 Å². The molecule has 0 aliphatic carbocycles. The zero-order chi connectivity index (χ0) is 17.5. The summed E-state index contributed by atoms with van der Waals surface area (Å²) in [6.45, 7) is 10.1. The van der Waals surface area contributed by atoms with E-state index in [1.54, 1.807) is 12.3 Å². The molecule has 0 saturated carbocycles. The second-order valence-corrected chi connectivity index (χ2v) is 5.90. The average molecular weight is 326 g/mol. The number of carbonyl (C=O) groups is 1. The maximum Gasteiger partial charge on any atom is 0.270 e. The third kappa shape index (κ3) is 4.72.